The molecule has 0 aliphatic heterocycles. The molecule has 0 bridgehead atoms. The summed E-state index contributed by atoms with van der Waals surface area (Å²) in [5.74, 6) is 1.24. The predicted molar refractivity (Wildman–Crippen MR) is 137 cm³/mol. The van der Waals surface area contributed by atoms with E-state index in [1.54, 1.807) is 12.1 Å². The summed E-state index contributed by atoms with van der Waals surface area (Å²) in [5, 5.41) is 13.9. The van der Waals surface area contributed by atoms with E-state index in [0.717, 1.165) is 11.1 Å². The van der Waals surface area contributed by atoms with Crippen molar-refractivity contribution < 1.29 is 9.84 Å². The second-order valence-electron chi connectivity index (χ2n) is 7.82. The van der Waals surface area contributed by atoms with E-state index in [0.29, 0.717) is 12.4 Å². The number of ether oxygens (including phenoxy) is 1. The summed E-state index contributed by atoms with van der Waals surface area (Å²) in [4.78, 5) is 0. The molecule has 0 unspecified atom stereocenters. The van der Waals surface area contributed by atoms with Crippen molar-refractivity contribution >= 4 is 21.5 Å². The van der Waals surface area contributed by atoms with Gasteiger partial charge < -0.3 is 9.84 Å². The second-order valence-corrected chi connectivity index (χ2v) is 7.82. The molecule has 0 saturated carbocycles. The molecule has 5 aromatic rings. The minimum Gasteiger partial charge on any atom is -0.508 e. The highest BCUT2D eigenvalue weighted by Gasteiger charge is 1.99. The molecule has 0 amide bonds. The monoisotopic (exact) mass is 422 g/mol. The molecule has 5 rings (SSSR count). The van der Waals surface area contributed by atoms with Gasteiger partial charge in [0.15, 0.2) is 0 Å². The van der Waals surface area contributed by atoms with Gasteiger partial charge in [0.05, 0.1) is 0 Å². The molecule has 2 heteroatoms. The van der Waals surface area contributed by atoms with Crippen molar-refractivity contribution in [2.75, 3.05) is 0 Å². The molecule has 0 heterocycles. The molecule has 5 aromatic carbocycles. The quantitative estimate of drug-likeness (QED) is 0.317. The van der Waals surface area contributed by atoms with Crippen LogP contribution in [-0.4, -0.2) is 5.11 Å². The van der Waals surface area contributed by atoms with E-state index >= 15 is 0 Å². The summed E-state index contributed by atoms with van der Waals surface area (Å²) < 4.78 is 5.83. The lowest BCUT2D eigenvalue weighted by Gasteiger charge is -2.07. The Kier molecular flexibility index (Phi) is 7.51. The van der Waals surface area contributed by atoms with Crippen LogP contribution in [0, 0.1) is 13.8 Å². The number of phenolic OH excluding ortho intramolecular Hbond substituents is 1. The van der Waals surface area contributed by atoms with Gasteiger partial charge in [-0.25, -0.2) is 0 Å². The summed E-state index contributed by atoms with van der Waals surface area (Å²) >= 11 is 0. The lowest BCUT2D eigenvalue weighted by Crippen LogP contribution is -1.94. The fourth-order valence-corrected chi connectivity index (χ4v) is 3.53. The van der Waals surface area contributed by atoms with Crippen LogP contribution in [-0.2, 0) is 6.61 Å². The number of aromatic hydroxyl groups is 1. The Hall–Kier alpha value is -3.78. The average molecular weight is 423 g/mol. The Morgan fingerprint density at radius 2 is 1.12 bits per heavy atom. The van der Waals surface area contributed by atoms with Crippen molar-refractivity contribution in [3.8, 4) is 11.5 Å². The van der Waals surface area contributed by atoms with Gasteiger partial charge in [-0.05, 0) is 65.2 Å². The van der Waals surface area contributed by atoms with Gasteiger partial charge >= 0.3 is 0 Å². The first kappa shape index (κ1) is 22.9. The highest BCUT2D eigenvalue weighted by Crippen LogP contribution is 2.23. The molecule has 2 nitrogen and oxygen atoms in total. The summed E-state index contributed by atoms with van der Waals surface area (Å²) in [5.41, 5.74) is 3.71. The molecule has 0 radical (unpaired) electrons. The van der Waals surface area contributed by atoms with Crippen LogP contribution in [0.3, 0.4) is 0 Å². The Morgan fingerprint density at radius 3 is 1.78 bits per heavy atom. The van der Waals surface area contributed by atoms with E-state index in [9.17, 15) is 5.11 Å². The lowest BCUT2D eigenvalue weighted by atomic mass is 10.1. The molecule has 0 spiro atoms. The van der Waals surface area contributed by atoms with Gasteiger partial charge in [0.1, 0.15) is 18.1 Å². The number of benzene rings is 5. The molecule has 0 aliphatic rings. The molecule has 162 valence electrons. The molecule has 0 atom stereocenters. The molecular formula is C30H30O2. The number of hydrogen-bond donors (Lipinski definition) is 1. The SMILES string of the molecule is C.Cc1ccc2cc(O)ccc2c1.Cc1ccc2cc(OCc3ccccc3)ccc2c1. The standard InChI is InChI=1S/C18H16O.C11H10O.CH4/c1-14-7-8-17-12-18(10-9-16(17)11-14)19-13-15-5-3-2-4-6-15;1-8-2-3-10-7-11(12)5-4-9(10)6-8;/h2-12H,13H2,1H3;2-7,12H,1H3;1H4. The summed E-state index contributed by atoms with van der Waals surface area (Å²) in [7, 11) is 0. The third-order valence-corrected chi connectivity index (χ3v) is 5.19. The van der Waals surface area contributed by atoms with E-state index in [1.807, 2.05) is 42.5 Å². The minimum absolute atomic E-state index is 0. The van der Waals surface area contributed by atoms with Gasteiger partial charge in [-0.3, -0.25) is 0 Å². The topological polar surface area (TPSA) is 29.5 Å². The maximum Gasteiger partial charge on any atom is 0.120 e. The third kappa shape index (κ3) is 5.89. The highest BCUT2D eigenvalue weighted by atomic mass is 16.5. The van der Waals surface area contributed by atoms with Gasteiger partial charge in [-0.2, -0.15) is 0 Å². The van der Waals surface area contributed by atoms with Crippen LogP contribution in [0.4, 0.5) is 0 Å². The van der Waals surface area contributed by atoms with Gasteiger partial charge in [0.25, 0.3) is 0 Å². The van der Waals surface area contributed by atoms with Crippen molar-refractivity contribution in [3.05, 3.63) is 120 Å². The largest absolute Gasteiger partial charge is 0.508 e. The zero-order valence-electron chi connectivity index (χ0n) is 17.9. The van der Waals surface area contributed by atoms with Gasteiger partial charge in [-0.15, -0.1) is 0 Å². The fraction of sp³-hybridized carbons (Fsp3) is 0.133. The van der Waals surface area contributed by atoms with Crippen molar-refractivity contribution in [2.24, 2.45) is 0 Å². The fourth-order valence-electron chi connectivity index (χ4n) is 3.53. The van der Waals surface area contributed by atoms with Crippen molar-refractivity contribution in [1.82, 2.24) is 0 Å². The third-order valence-electron chi connectivity index (χ3n) is 5.19. The van der Waals surface area contributed by atoms with E-state index in [4.69, 9.17) is 4.74 Å². The second kappa shape index (κ2) is 10.5. The normalized spacial score (nSPS) is 10.2. The van der Waals surface area contributed by atoms with Gasteiger partial charge in [0.2, 0.25) is 0 Å². The summed E-state index contributed by atoms with van der Waals surface area (Å²) in [6.07, 6.45) is 0. The molecule has 0 aliphatic carbocycles. The Bertz CT molecular complexity index is 1270. The molecule has 32 heavy (non-hydrogen) atoms. The molecule has 0 saturated heterocycles. The maximum atomic E-state index is 9.20. The molecule has 0 fully saturated rings. The first-order valence-corrected chi connectivity index (χ1v) is 10.4. The first-order chi connectivity index (χ1) is 15.1. The number of fused-ring (bicyclic) bond motifs is 2. The Labute approximate surface area is 190 Å². The van der Waals surface area contributed by atoms with Crippen LogP contribution in [0.15, 0.2) is 103 Å². The average Bonchev–Trinajstić information content (AvgIpc) is 2.79. The number of rotatable bonds is 3. The van der Waals surface area contributed by atoms with Crippen molar-refractivity contribution in [2.45, 2.75) is 27.9 Å². The number of aryl methyl sites for hydroxylation is 2. The summed E-state index contributed by atoms with van der Waals surface area (Å²) in [6, 6.07) is 34.5. The van der Waals surface area contributed by atoms with Crippen LogP contribution in [0.1, 0.15) is 24.1 Å². The number of phenols is 1. The van der Waals surface area contributed by atoms with E-state index in [2.05, 4.69) is 62.4 Å². The van der Waals surface area contributed by atoms with E-state index in [1.165, 1.54) is 32.8 Å². The molecular weight excluding hydrogens is 392 g/mol. The van der Waals surface area contributed by atoms with Crippen molar-refractivity contribution in [3.63, 3.8) is 0 Å². The van der Waals surface area contributed by atoms with Crippen LogP contribution in [0.5, 0.6) is 11.5 Å². The van der Waals surface area contributed by atoms with Crippen LogP contribution >= 0.6 is 0 Å². The molecule has 0 aromatic heterocycles. The van der Waals surface area contributed by atoms with Crippen LogP contribution < -0.4 is 4.74 Å². The highest BCUT2D eigenvalue weighted by molar-refractivity contribution is 5.85. The molecule has 1 N–H and O–H groups in total. The zero-order valence-corrected chi connectivity index (χ0v) is 17.9. The lowest BCUT2D eigenvalue weighted by molar-refractivity contribution is 0.306. The predicted octanol–water partition coefficient (Wildman–Crippen LogP) is 8.22. The zero-order chi connectivity index (χ0) is 21.6. The first-order valence-electron chi connectivity index (χ1n) is 10.4. The summed E-state index contributed by atoms with van der Waals surface area (Å²) in [6.45, 7) is 4.78. The Balaban J connectivity index is 0.000000193. The van der Waals surface area contributed by atoms with E-state index < -0.39 is 0 Å². The van der Waals surface area contributed by atoms with E-state index in [-0.39, 0.29) is 7.43 Å². The Morgan fingerprint density at radius 1 is 0.594 bits per heavy atom. The van der Waals surface area contributed by atoms with Crippen molar-refractivity contribution in [1.29, 1.82) is 0 Å². The van der Waals surface area contributed by atoms with Crippen LogP contribution in [0.2, 0.25) is 0 Å². The smallest absolute Gasteiger partial charge is 0.120 e. The maximum absolute atomic E-state index is 9.20. The van der Waals surface area contributed by atoms with Crippen LogP contribution in [0.25, 0.3) is 21.5 Å². The van der Waals surface area contributed by atoms with Gasteiger partial charge in [0, 0.05) is 0 Å². The minimum atomic E-state index is 0. The van der Waals surface area contributed by atoms with Gasteiger partial charge in [-0.1, -0.05) is 97.4 Å². The number of hydrogen-bond acceptors (Lipinski definition) is 2.